The maximum absolute atomic E-state index is 12.2. The van der Waals surface area contributed by atoms with Gasteiger partial charge in [-0.15, -0.1) is 0 Å². The van der Waals surface area contributed by atoms with Crippen molar-refractivity contribution in [3.8, 4) is 0 Å². The van der Waals surface area contributed by atoms with E-state index < -0.39 is 0 Å². The number of hydrogen-bond acceptors (Lipinski definition) is 1. The summed E-state index contributed by atoms with van der Waals surface area (Å²) in [7, 11) is 0. The van der Waals surface area contributed by atoms with Crippen LogP contribution in [0, 0.1) is 3.57 Å². The van der Waals surface area contributed by atoms with Crippen molar-refractivity contribution in [2.45, 2.75) is 25.8 Å². The second kappa shape index (κ2) is 4.92. The van der Waals surface area contributed by atoms with Gasteiger partial charge in [0.15, 0.2) is 0 Å². The monoisotopic (exact) mass is 349 g/mol. The average molecular weight is 350 g/mol. The van der Waals surface area contributed by atoms with Crippen molar-refractivity contribution < 1.29 is 4.79 Å². The summed E-state index contributed by atoms with van der Waals surface area (Å²) in [5.74, 6) is 0.0615. The number of carbonyl (C=O) groups is 1. The fourth-order valence-corrected chi connectivity index (χ4v) is 2.99. The molecule has 1 saturated heterocycles. The van der Waals surface area contributed by atoms with Crippen molar-refractivity contribution in [2.24, 2.45) is 0 Å². The molecular formula is C12H13ClINO. The Morgan fingerprint density at radius 3 is 2.88 bits per heavy atom. The van der Waals surface area contributed by atoms with E-state index in [9.17, 15) is 4.79 Å². The highest BCUT2D eigenvalue weighted by atomic mass is 127. The highest BCUT2D eigenvalue weighted by Crippen LogP contribution is 2.24. The van der Waals surface area contributed by atoms with Crippen LogP contribution in [0.4, 0.5) is 0 Å². The van der Waals surface area contributed by atoms with E-state index in [4.69, 9.17) is 11.6 Å². The molecule has 0 spiro atoms. The quantitative estimate of drug-likeness (QED) is 0.710. The van der Waals surface area contributed by atoms with Crippen LogP contribution in [0.3, 0.4) is 0 Å². The Bertz CT molecular complexity index is 421. The van der Waals surface area contributed by atoms with Gasteiger partial charge in [-0.3, -0.25) is 4.79 Å². The smallest absolute Gasteiger partial charge is 0.255 e. The van der Waals surface area contributed by atoms with Gasteiger partial charge in [0.1, 0.15) is 0 Å². The van der Waals surface area contributed by atoms with Crippen LogP contribution in [-0.4, -0.2) is 23.4 Å². The van der Waals surface area contributed by atoms with Crippen molar-refractivity contribution in [1.82, 2.24) is 4.90 Å². The first-order chi connectivity index (χ1) is 7.59. The third kappa shape index (κ3) is 2.35. The maximum Gasteiger partial charge on any atom is 0.255 e. The lowest BCUT2D eigenvalue weighted by atomic mass is 10.2. The van der Waals surface area contributed by atoms with Crippen molar-refractivity contribution in [2.75, 3.05) is 6.54 Å². The van der Waals surface area contributed by atoms with Gasteiger partial charge in [0.2, 0.25) is 0 Å². The predicted octanol–water partition coefficient (Wildman–Crippen LogP) is 3.57. The first-order valence-corrected chi connectivity index (χ1v) is 6.81. The third-order valence-electron chi connectivity index (χ3n) is 2.98. The largest absolute Gasteiger partial charge is 0.336 e. The Morgan fingerprint density at radius 2 is 2.31 bits per heavy atom. The summed E-state index contributed by atoms with van der Waals surface area (Å²) in [6.45, 7) is 2.94. The molecule has 16 heavy (non-hydrogen) atoms. The fraction of sp³-hybridized carbons (Fsp3) is 0.417. The zero-order valence-corrected chi connectivity index (χ0v) is 12.0. The highest BCUT2D eigenvalue weighted by molar-refractivity contribution is 14.1. The third-order valence-corrected chi connectivity index (χ3v) is 3.96. The summed E-state index contributed by atoms with van der Waals surface area (Å²) in [6, 6.07) is 5.90. The topological polar surface area (TPSA) is 20.3 Å². The minimum absolute atomic E-state index is 0.0615. The molecule has 86 valence electrons. The summed E-state index contributed by atoms with van der Waals surface area (Å²) < 4.78 is 1.05. The van der Waals surface area contributed by atoms with Crippen LogP contribution >= 0.6 is 34.2 Å². The van der Waals surface area contributed by atoms with Gasteiger partial charge in [0, 0.05) is 16.2 Å². The van der Waals surface area contributed by atoms with E-state index in [0.717, 1.165) is 23.0 Å². The molecule has 1 unspecified atom stereocenters. The van der Waals surface area contributed by atoms with Gasteiger partial charge >= 0.3 is 0 Å². The summed E-state index contributed by atoms with van der Waals surface area (Å²) in [5, 5.41) is 0.552. The Kier molecular flexibility index (Phi) is 3.74. The van der Waals surface area contributed by atoms with Gasteiger partial charge < -0.3 is 4.90 Å². The molecule has 1 aromatic carbocycles. The number of rotatable bonds is 1. The summed E-state index contributed by atoms with van der Waals surface area (Å²) in [5.41, 5.74) is 0.621. The highest BCUT2D eigenvalue weighted by Gasteiger charge is 2.27. The molecule has 1 aromatic rings. The molecular weight excluding hydrogens is 336 g/mol. The Morgan fingerprint density at radius 1 is 1.56 bits per heavy atom. The van der Waals surface area contributed by atoms with Crippen LogP contribution in [0.1, 0.15) is 30.1 Å². The number of amides is 1. The minimum atomic E-state index is 0.0615. The molecule has 0 aliphatic carbocycles. The predicted molar refractivity (Wildman–Crippen MR) is 73.9 cm³/mol. The van der Waals surface area contributed by atoms with Gasteiger partial charge in [0.25, 0.3) is 5.91 Å². The van der Waals surface area contributed by atoms with E-state index in [2.05, 4.69) is 29.5 Å². The number of likely N-dealkylation sites (tertiary alicyclic amines) is 1. The van der Waals surface area contributed by atoms with Crippen molar-refractivity contribution in [1.29, 1.82) is 0 Å². The number of hydrogen-bond donors (Lipinski definition) is 0. The molecule has 2 nitrogen and oxygen atoms in total. The number of benzene rings is 1. The second-order valence-corrected chi connectivity index (χ2v) is 5.77. The molecule has 1 fully saturated rings. The second-order valence-electron chi connectivity index (χ2n) is 4.11. The molecule has 1 aliphatic heterocycles. The van der Waals surface area contributed by atoms with Gasteiger partial charge in [-0.1, -0.05) is 11.6 Å². The molecule has 2 rings (SSSR count). The SMILES string of the molecule is CC1CCCN1C(=O)c1ccc(I)cc1Cl. The number of nitrogens with zero attached hydrogens (tertiary/aromatic N) is 1. The first-order valence-electron chi connectivity index (χ1n) is 5.35. The van der Waals surface area contributed by atoms with Crippen molar-refractivity contribution in [3.05, 3.63) is 32.4 Å². The van der Waals surface area contributed by atoms with E-state index in [1.54, 1.807) is 0 Å². The molecule has 4 heteroatoms. The summed E-state index contributed by atoms with van der Waals surface area (Å²) in [6.07, 6.45) is 2.18. The fourth-order valence-electron chi connectivity index (χ4n) is 2.05. The molecule has 0 aromatic heterocycles. The van der Waals surface area contributed by atoms with Crippen LogP contribution in [0.15, 0.2) is 18.2 Å². The van der Waals surface area contributed by atoms with E-state index in [1.165, 1.54) is 0 Å². The molecule has 1 heterocycles. The Hall–Kier alpha value is -0.290. The van der Waals surface area contributed by atoms with E-state index in [1.807, 2.05) is 23.1 Å². The average Bonchev–Trinajstić information content (AvgIpc) is 2.63. The van der Waals surface area contributed by atoms with E-state index >= 15 is 0 Å². The molecule has 1 aliphatic rings. The zero-order valence-electron chi connectivity index (χ0n) is 9.04. The number of carbonyl (C=O) groups excluding carboxylic acids is 1. The standard InChI is InChI=1S/C12H13ClINO/c1-8-3-2-6-15(8)12(16)10-5-4-9(14)7-11(10)13/h4-5,7-8H,2-3,6H2,1H3. The van der Waals surface area contributed by atoms with Crippen molar-refractivity contribution in [3.63, 3.8) is 0 Å². The summed E-state index contributed by atoms with van der Waals surface area (Å²) in [4.78, 5) is 14.1. The Balaban J connectivity index is 2.27. The molecule has 0 bridgehead atoms. The zero-order chi connectivity index (χ0) is 11.7. The van der Waals surface area contributed by atoms with Gasteiger partial charge in [-0.25, -0.2) is 0 Å². The molecule has 1 amide bonds. The van der Waals surface area contributed by atoms with Crippen molar-refractivity contribution >= 4 is 40.1 Å². The lowest BCUT2D eigenvalue weighted by Gasteiger charge is -2.21. The molecule has 0 radical (unpaired) electrons. The van der Waals surface area contributed by atoms with Crippen LogP contribution in [0.2, 0.25) is 5.02 Å². The molecule has 0 N–H and O–H groups in total. The van der Waals surface area contributed by atoms with Crippen LogP contribution in [0.5, 0.6) is 0 Å². The molecule has 1 atom stereocenters. The maximum atomic E-state index is 12.2. The lowest BCUT2D eigenvalue weighted by Crippen LogP contribution is -2.33. The minimum Gasteiger partial charge on any atom is -0.336 e. The summed E-state index contributed by atoms with van der Waals surface area (Å²) >= 11 is 8.29. The van der Waals surface area contributed by atoms with Gasteiger partial charge in [-0.2, -0.15) is 0 Å². The van der Waals surface area contributed by atoms with Crippen LogP contribution in [0.25, 0.3) is 0 Å². The normalized spacial score (nSPS) is 20.2. The van der Waals surface area contributed by atoms with Crippen LogP contribution < -0.4 is 0 Å². The van der Waals surface area contributed by atoms with Gasteiger partial charge in [0.05, 0.1) is 10.6 Å². The van der Waals surface area contributed by atoms with E-state index in [0.29, 0.717) is 16.6 Å². The lowest BCUT2D eigenvalue weighted by molar-refractivity contribution is 0.0747. The van der Waals surface area contributed by atoms with E-state index in [-0.39, 0.29) is 5.91 Å². The number of halogens is 2. The van der Waals surface area contributed by atoms with Gasteiger partial charge in [-0.05, 0) is 60.6 Å². The first kappa shape index (κ1) is 12.2. The van der Waals surface area contributed by atoms with Crippen LogP contribution in [-0.2, 0) is 0 Å². The Labute approximate surface area is 114 Å². The molecule has 0 saturated carbocycles.